The summed E-state index contributed by atoms with van der Waals surface area (Å²) in [6, 6.07) is 0.437. The highest BCUT2D eigenvalue weighted by Crippen LogP contribution is 2.42. The maximum atomic E-state index is 12.4. The summed E-state index contributed by atoms with van der Waals surface area (Å²) in [7, 11) is 0. The predicted molar refractivity (Wildman–Crippen MR) is 76.5 cm³/mol. The molecule has 0 radical (unpaired) electrons. The Morgan fingerprint density at radius 2 is 1.68 bits per heavy atom. The van der Waals surface area contributed by atoms with Crippen LogP contribution < -0.4 is 11.1 Å². The van der Waals surface area contributed by atoms with Gasteiger partial charge in [-0.3, -0.25) is 4.79 Å². The van der Waals surface area contributed by atoms with Crippen LogP contribution in [0.15, 0.2) is 0 Å². The van der Waals surface area contributed by atoms with E-state index in [9.17, 15) is 4.79 Å². The van der Waals surface area contributed by atoms with Crippen molar-refractivity contribution in [2.24, 2.45) is 23.5 Å². The van der Waals surface area contributed by atoms with Gasteiger partial charge in [0.2, 0.25) is 5.91 Å². The number of amides is 1. The summed E-state index contributed by atoms with van der Waals surface area (Å²) in [6.07, 6.45) is 12.4. The van der Waals surface area contributed by atoms with E-state index in [1.165, 1.54) is 38.5 Å². The molecule has 5 atom stereocenters. The first-order chi connectivity index (χ1) is 9.24. The molecule has 3 saturated carbocycles. The highest BCUT2D eigenvalue weighted by Gasteiger charge is 2.36. The maximum absolute atomic E-state index is 12.4. The minimum atomic E-state index is 0.190. The maximum Gasteiger partial charge on any atom is 0.223 e. The minimum Gasteiger partial charge on any atom is -0.352 e. The second-order valence-electron chi connectivity index (χ2n) is 7.02. The first-order valence-corrected chi connectivity index (χ1v) is 8.30. The van der Waals surface area contributed by atoms with Gasteiger partial charge in [0.05, 0.1) is 0 Å². The van der Waals surface area contributed by atoms with Gasteiger partial charge in [0.15, 0.2) is 0 Å². The summed E-state index contributed by atoms with van der Waals surface area (Å²) in [6.45, 7) is 0. The van der Waals surface area contributed by atoms with Gasteiger partial charge in [-0.05, 0) is 50.4 Å². The summed E-state index contributed by atoms with van der Waals surface area (Å²) >= 11 is 0. The highest BCUT2D eigenvalue weighted by molar-refractivity contribution is 5.79. The van der Waals surface area contributed by atoms with Crippen LogP contribution in [-0.4, -0.2) is 18.0 Å². The van der Waals surface area contributed by atoms with E-state index in [0.717, 1.165) is 37.5 Å². The molecule has 3 aliphatic rings. The third kappa shape index (κ3) is 2.96. The van der Waals surface area contributed by atoms with Crippen molar-refractivity contribution in [1.82, 2.24) is 5.32 Å². The lowest BCUT2D eigenvalue weighted by Crippen LogP contribution is -2.47. The van der Waals surface area contributed by atoms with Crippen LogP contribution in [0.25, 0.3) is 0 Å². The molecule has 0 aromatic heterocycles. The first kappa shape index (κ1) is 13.4. The quantitative estimate of drug-likeness (QED) is 0.805. The van der Waals surface area contributed by atoms with E-state index in [0.29, 0.717) is 5.91 Å². The average molecular weight is 264 g/mol. The molecular weight excluding hydrogens is 236 g/mol. The van der Waals surface area contributed by atoms with Gasteiger partial charge in [0, 0.05) is 18.0 Å². The lowest BCUT2D eigenvalue weighted by molar-refractivity contribution is -0.128. The van der Waals surface area contributed by atoms with Crippen LogP contribution in [0.1, 0.15) is 64.2 Å². The monoisotopic (exact) mass is 264 g/mol. The van der Waals surface area contributed by atoms with Crippen LogP contribution in [-0.2, 0) is 4.79 Å². The lowest BCUT2D eigenvalue weighted by Gasteiger charge is -2.39. The summed E-state index contributed by atoms with van der Waals surface area (Å²) in [5.74, 6) is 2.32. The highest BCUT2D eigenvalue weighted by atomic mass is 16.1. The smallest absolute Gasteiger partial charge is 0.223 e. The third-order valence-corrected chi connectivity index (χ3v) is 5.81. The van der Waals surface area contributed by atoms with Crippen LogP contribution in [0.5, 0.6) is 0 Å². The predicted octanol–water partition coefficient (Wildman–Crippen LogP) is 2.59. The topological polar surface area (TPSA) is 55.1 Å². The summed E-state index contributed by atoms with van der Waals surface area (Å²) in [4.78, 5) is 12.4. The van der Waals surface area contributed by atoms with Crippen molar-refractivity contribution >= 4 is 5.91 Å². The Morgan fingerprint density at radius 1 is 0.895 bits per heavy atom. The fraction of sp³-hybridized carbons (Fsp3) is 0.938. The molecule has 0 saturated heterocycles. The number of hydrogen-bond acceptors (Lipinski definition) is 2. The minimum absolute atomic E-state index is 0.190. The van der Waals surface area contributed by atoms with E-state index < -0.39 is 0 Å². The molecule has 0 spiro atoms. The Bertz CT molecular complexity index is 331. The molecule has 3 rings (SSSR count). The molecule has 5 unspecified atom stereocenters. The molecule has 1 amide bonds. The van der Waals surface area contributed by atoms with E-state index in [-0.39, 0.29) is 18.0 Å². The van der Waals surface area contributed by atoms with Crippen molar-refractivity contribution in [2.45, 2.75) is 76.3 Å². The Morgan fingerprint density at radius 3 is 2.42 bits per heavy atom. The number of carbonyl (C=O) groups excluding carboxylic acids is 1. The van der Waals surface area contributed by atoms with Crippen molar-refractivity contribution in [1.29, 1.82) is 0 Å². The van der Waals surface area contributed by atoms with E-state index in [1.54, 1.807) is 0 Å². The lowest BCUT2D eigenvalue weighted by atomic mass is 9.67. The summed E-state index contributed by atoms with van der Waals surface area (Å²) in [5, 5.41) is 3.23. The molecule has 0 aliphatic heterocycles. The van der Waals surface area contributed by atoms with Crippen LogP contribution >= 0.6 is 0 Å². The van der Waals surface area contributed by atoms with Gasteiger partial charge < -0.3 is 11.1 Å². The van der Waals surface area contributed by atoms with Gasteiger partial charge in [0.1, 0.15) is 0 Å². The molecule has 3 heteroatoms. The zero-order chi connectivity index (χ0) is 13.2. The summed E-state index contributed by atoms with van der Waals surface area (Å²) < 4.78 is 0. The van der Waals surface area contributed by atoms with E-state index in [2.05, 4.69) is 5.32 Å². The largest absolute Gasteiger partial charge is 0.352 e. The molecular formula is C16H28N2O. The molecule has 3 aliphatic carbocycles. The first-order valence-electron chi connectivity index (χ1n) is 8.30. The van der Waals surface area contributed by atoms with Crippen molar-refractivity contribution in [2.75, 3.05) is 0 Å². The number of hydrogen-bond donors (Lipinski definition) is 2. The van der Waals surface area contributed by atoms with Gasteiger partial charge in [-0.15, -0.1) is 0 Å². The molecule has 3 N–H and O–H groups in total. The third-order valence-electron chi connectivity index (χ3n) is 5.81. The molecule has 19 heavy (non-hydrogen) atoms. The van der Waals surface area contributed by atoms with Crippen molar-refractivity contribution in [3.05, 3.63) is 0 Å². The van der Waals surface area contributed by atoms with Gasteiger partial charge in [-0.1, -0.05) is 25.7 Å². The molecule has 0 aromatic carbocycles. The SMILES string of the molecule is NC1CCCC1NC(=O)C1CCC2CCCCC2C1. The molecule has 0 bridgehead atoms. The number of nitrogens with two attached hydrogens (primary N) is 1. The Hall–Kier alpha value is -0.570. The Balaban J connectivity index is 1.52. The number of rotatable bonds is 2. The Kier molecular flexibility index (Phi) is 4.11. The standard InChI is InChI=1S/C16H28N2O/c17-14-6-3-7-15(14)18-16(19)13-9-8-11-4-1-2-5-12(11)10-13/h11-15H,1-10,17H2,(H,18,19). The second-order valence-corrected chi connectivity index (χ2v) is 7.02. The zero-order valence-corrected chi connectivity index (χ0v) is 11.9. The normalized spacial score (nSPS) is 42.7. The fourth-order valence-electron chi connectivity index (χ4n) is 4.58. The van der Waals surface area contributed by atoms with E-state index >= 15 is 0 Å². The second kappa shape index (κ2) is 5.82. The van der Waals surface area contributed by atoms with Crippen LogP contribution in [0.3, 0.4) is 0 Å². The van der Waals surface area contributed by atoms with Crippen molar-refractivity contribution in [3.63, 3.8) is 0 Å². The molecule has 3 fully saturated rings. The number of fused-ring (bicyclic) bond motifs is 1. The molecule has 3 nitrogen and oxygen atoms in total. The van der Waals surface area contributed by atoms with Crippen LogP contribution in [0.4, 0.5) is 0 Å². The number of nitrogens with one attached hydrogen (secondary N) is 1. The number of carbonyl (C=O) groups is 1. The zero-order valence-electron chi connectivity index (χ0n) is 11.9. The average Bonchev–Trinajstić information content (AvgIpc) is 2.84. The molecule has 108 valence electrons. The summed E-state index contributed by atoms with van der Waals surface area (Å²) in [5.41, 5.74) is 6.05. The Labute approximate surface area is 116 Å². The van der Waals surface area contributed by atoms with Crippen LogP contribution in [0, 0.1) is 17.8 Å². The molecule has 0 aromatic rings. The fourth-order valence-corrected chi connectivity index (χ4v) is 4.58. The molecule has 0 heterocycles. The van der Waals surface area contributed by atoms with Gasteiger partial charge >= 0.3 is 0 Å². The van der Waals surface area contributed by atoms with E-state index in [4.69, 9.17) is 5.73 Å². The van der Waals surface area contributed by atoms with Gasteiger partial charge in [-0.2, -0.15) is 0 Å². The van der Waals surface area contributed by atoms with Crippen molar-refractivity contribution < 1.29 is 4.79 Å². The van der Waals surface area contributed by atoms with Crippen LogP contribution in [0.2, 0.25) is 0 Å². The van der Waals surface area contributed by atoms with E-state index in [1.807, 2.05) is 0 Å². The van der Waals surface area contributed by atoms with Crippen molar-refractivity contribution in [3.8, 4) is 0 Å². The van der Waals surface area contributed by atoms with Gasteiger partial charge in [0.25, 0.3) is 0 Å². The van der Waals surface area contributed by atoms with Gasteiger partial charge in [-0.25, -0.2) is 0 Å².